The number of aromatic nitrogens is 2. The number of hydrogen-bond donors (Lipinski definition) is 1. The van der Waals surface area contributed by atoms with E-state index < -0.39 is 12.6 Å². The number of hydrogen-bond acceptors (Lipinski definition) is 3. The van der Waals surface area contributed by atoms with E-state index >= 15 is 0 Å². The van der Waals surface area contributed by atoms with Crippen LogP contribution in [0.2, 0.25) is 0 Å². The molecule has 0 saturated heterocycles. The van der Waals surface area contributed by atoms with Crippen LogP contribution in [0.25, 0.3) is 0 Å². The van der Waals surface area contributed by atoms with Crippen molar-refractivity contribution in [3.05, 3.63) is 18.1 Å². The third kappa shape index (κ3) is 3.59. The molecule has 1 rings (SSSR count). The molecule has 6 heteroatoms. The van der Waals surface area contributed by atoms with Crippen molar-refractivity contribution in [1.29, 1.82) is 0 Å². The molecule has 14 heavy (non-hydrogen) atoms. The highest BCUT2D eigenvalue weighted by atomic mass is 19.4. The van der Waals surface area contributed by atoms with Crippen LogP contribution >= 0.6 is 0 Å². The summed E-state index contributed by atoms with van der Waals surface area (Å²) in [4.78, 5) is 7.61. The van der Waals surface area contributed by atoms with E-state index in [1.807, 2.05) is 0 Å². The molecule has 0 aliphatic heterocycles. The Morgan fingerprint density at radius 2 is 2.14 bits per heavy atom. The topological polar surface area (TPSA) is 37.8 Å². The molecule has 0 aliphatic rings. The standard InChI is InChI=1S/C8H10F3N3/c1-12-6-3-5-13-7(14-6)2-4-8(9,10)11/h3,5H,2,4H2,1H3,(H,12,13,14). The summed E-state index contributed by atoms with van der Waals surface area (Å²) in [5.74, 6) is 0.728. The van der Waals surface area contributed by atoms with Crippen molar-refractivity contribution in [2.45, 2.75) is 19.0 Å². The minimum absolute atomic E-state index is 0.182. The van der Waals surface area contributed by atoms with Crippen molar-refractivity contribution in [1.82, 2.24) is 9.97 Å². The molecule has 78 valence electrons. The number of nitrogens with zero attached hydrogens (tertiary/aromatic N) is 2. The van der Waals surface area contributed by atoms with Crippen LogP contribution in [0, 0.1) is 0 Å². The summed E-state index contributed by atoms with van der Waals surface area (Å²) < 4.78 is 35.6. The van der Waals surface area contributed by atoms with Crippen LogP contribution < -0.4 is 5.32 Å². The fraction of sp³-hybridized carbons (Fsp3) is 0.500. The molecule has 0 atom stereocenters. The Labute approximate surface area is 79.4 Å². The third-order valence-corrected chi connectivity index (χ3v) is 1.59. The summed E-state index contributed by atoms with van der Waals surface area (Å²) in [6, 6.07) is 1.59. The zero-order valence-electron chi connectivity index (χ0n) is 7.60. The maximum absolute atomic E-state index is 11.9. The van der Waals surface area contributed by atoms with Gasteiger partial charge in [-0.2, -0.15) is 13.2 Å². The lowest BCUT2D eigenvalue weighted by atomic mass is 10.3. The van der Waals surface area contributed by atoms with Gasteiger partial charge in [0.05, 0.1) is 6.42 Å². The lowest BCUT2D eigenvalue weighted by Crippen LogP contribution is -2.10. The molecule has 1 N–H and O–H groups in total. The number of nitrogens with one attached hydrogen (secondary N) is 1. The van der Waals surface area contributed by atoms with Crippen molar-refractivity contribution in [2.24, 2.45) is 0 Å². The van der Waals surface area contributed by atoms with Crippen LogP contribution in [-0.4, -0.2) is 23.2 Å². The highest BCUT2D eigenvalue weighted by molar-refractivity contribution is 5.31. The molecule has 0 aromatic carbocycles. The highest BCUT2D eigenvalue weighted by Gasteiger charge is 2.26. The minimum Gasteiger partial charge on any atom is -0.373 e. The van der Waals surface area contributed by atoms with Crippen molar-refractivity contribution < 1.29 is 13.2 Å². The molecule has 0 unspecified atom stereocenters. The first-order valence-corrected chi connectivity index (χ1v) is 4.08. The smallest absolute Gasteiger partial charge is 0.373 e. The minimum atomic E-state index is -4.15. The monoisotopic (exact) mass is 205 g/mol. The van der Waals surface area contributed by atoms with Gasteiger partial charge in [0.15, 0.2) is 0 Å². The molecule has 0 bridgehead atoms. The maximum Gasteiger partial charge on any atom is 0.389 e. The first kappa shape index (κ1) is 10.7. The molecule has 1 heterocycles. The van der Waals surface area contributed by atoms with E-state index in [0.29, 0.717) is 5.82 Å². The quantitative estimate of drug-likeness (QED) is 0.820. The molecule has 0 amide bonds. The second-order valence-electron chi connectivity index (χ2n) is 2.72. The second-order valence-corrected chi connectivity index (χ2v) is 2.72. The Kier molecular flexibility index (Phi) is 3.27. The average Bonchev–Trinajstić information content (AvgIpc) is 2.14. The van der Waals surface area contributed by atoms with Gasteiger partial charge in [-0.1, -0.05) is 0 Å². The molecule has 1 aromatic rings. The van der Waals surface area contributed by atoms with Crippen LogP contribution in [0.15, 0.2) is 12.3 Å². The van der Waals surface area contributed by atoms with E-state index in [1.165, 1.54) is 6.20 Å². The predicted octanol–water partition coefficient (Wildman–Crippen LogP) is 2.01. The van der Waals surface area contributed by atoms with Crippen LogP contribution in [0.1, 0.15) is 12.2 Å². The van der Waals surface area contributed by atoms with E-state index in [1.54, 1.807) is 13.1 Å². The first-order chi connectivity index (χ1) is 6.51. The molecule has 0 radical (unpaired) electrons. The molecular weight excluding hydrogens is 195 g/mol. The molecule has 3 nitrogen and oxygen atoms in total. The zero-order chi connectivity index (χ0) is 10.6. The van der Waals surface area contributed by atoms with Crippen LogP contribution in [0.4, 0.5) is 19.0 Å². The van der Waals surface area contributed by atoms with Gasteiger partial charge in [-0.05, 0) is 6.07 Å². The number of alkyl halides is 3. The van der Waals surface area contributed by atoms with Gasteiger partial charge in [0.1, 0.15) is 11.6 Å². The Morgan fingerprint density at radius 3 is 2.71 bits per heavy atom. The zero-order valence-corrected chi connectivity index (χ0v) is 7.60. The van der Waals surface area contributed by atoms with Gasteiger partial charge in [-0.15, -0.1) is 0 Å². The van der Waals surface area contributed by atoms with E-state index in [9.17, 15) is 13.2 Å². The van der Waals surface area contributed by atoms with Gasteiger partial charge >= 0.3 is 6.18 Å². The summed E-state index contributed by atoms with van der Waals surface area (Å²) in [6.07, 6.45) is -3.79. The van der Waals surface area contributed by atoms with Crippen molar-refractivity contribution >= 4 is 5.82 Å². The number of rotatable bonds is 3. The van der Waals surface area contributed by atoms with Crippen LogP contribution in [0.3, 0.4) is 0 Å². The molecule has 0 fully saturated rings. The van der Waals surface area contributed by atoms with Crippen molar-refractivity contribution in [3.63, 3.8) is 0 Å². The van der Waals surface area contributed by atoms with Crippen LogP contribution in [0.5, 0.6) is 0 Å². The van der Waals surface area contributed by atoms with Gasteiger partial charge in [0.25, 0.3) is 0 Å². The number of halogens is 3. The first-order valence-electron chi connectivity index (χ1n) is 4.08. The fourth-order valence-electron chi connectivity index (χ4n) is 0.912. The molecule has 1 aromatic heterocycles. The highest BCUT2D eigenvalue weighted by Crippen LogP contribution is 2.21. The summed E-state index contributed by atoms with van der Waals surface area (Å²) in [6.45, 7) is 0. The SMILES string of the molecule is CNc1ccnc(CCC(F)(F)F)n1. The Hall–Kier alpha value is -1.33. The van der Waals surface area contributed by atoms with Gasteiger partial charge < -0.3 is 5.32 Å². The lowest BCUT2D eigenvalue weighted by molar-refractivity contribution is -0.134. The van der Waals surface area contributed by atoms with Crippen molar-refractivity contribution in [3.8, 4) is 0 Å². The van der Waals surface area contributed by atoms with Gasteiger partial charge in [0.2, 0.25) is 0 Å². The average molecular weight is 205 g/mol. The summed E-state index contributed by atoms with van der Waals surface area (Å²) in [5, 5.41) is 2.73. The third-order valence-electron chi connectivity index (χ3n) is 1.59. The van der Waals surface area contributed by atoms with Crippen molar-refractivity contribution in [2.75, 3.05) is 12.4 Å². The lowest BCUT2D eigenvalue weighted by Gasteiger charge is -2.05. The van der Waals surface area contributed by atoms with Gasteiger partial charge in [-0.25, -0.2) is 9.97 Å². The molecular formula is C8H10F3N3. The Morgan fingerprint density at radius 1 is 1.43 bits per heavy atom. The summed E-state index contributed by atoms with van der Waals surface area (Å²) in [5.41, 5.74) is 0. The number of anilines is 1. The number of aryl methyl sites for hydroxylation is 1. The second kappa shape index (κ2) is 4.26. The molecule has 0 saturated carbocycles. The van der Waals surface area contributed by atoms with E-state index in [0.717, 1.165) is 0 Å². The largest absolute Gasteiger partial charge is 0.389 e. The summed E-state index contributed by atoms with van der Waals surface area (Å²) >= 11 is 0. The molecule has 0 aliphatic carbocycles. The van der Waals surface area contributed by atoms with Crippen LogP contribution in [-0.2, 0) is 6.42 Å². The maximum atomic E-state index is 11.9. The van der Waals surface area contributed by atoms with Gasteiger partial charge in [0, 0.05) is 19.7 Å². The summed E-state index contributed by atoms with van der Waals surface area (Å²) in [7, 11) is 1.65. The van der Waals surface area contributed by atoms with E-state index in [4.69, 9.17) is 0 Å². The molecule has 0 spiro atoms. The van der Waals surface area contributed by atoms with Gasteiger partial charge in [-0.3, -0.25) is 0 Å². The predicted molar refractivity (Wildman–Crippen MR) is 46.0 cm³/mol. The fourth-order valence-corrected chi connectivity index (χ4v) is 0.912. The van der Waals surface area contributed by atoms with E-state index in [-0.39, 0.29) is 12.2 Å². The Bertz CT molecular complexity index is 298. The normalized spacial score (nSPS) is 11.4. The Balaban J connectivity index is 2.59. The van der Waals surface area contributed by atoms with E-state index in [2.05, 4.69) is 15.3 Å².